The Labute approximate surface area is 198 Å². The normalized spacial score (nSPS) is 16.7. The van der Waals surface area contributed by atoms with Crippen LogP contribution in [-0.2, 0) is 17.8 Å². The molecule has 0 unspecified atom stereocenters. The molecule has 0 aromatic carbocycles. The largest absolute Gasteiger partial charge is 0.357 e. The highest BCUT2D eigenvalue weighted by Crippen LogP contribution is 2.24. The molecule has 30 heavy (non-hydrogen) atoms. The molecule has 1 N–H and O–H groups in total. The summed E-state index contributed by atoms with van der Waals surface area (Å²) in [4.78, 5) is 33.7. The number of guanidine groups is 1. The third kappa shape index (κ3) is 5.39. The summed E-state index contributed by atoms with van der Waals surface area (Å²) in [5, 5.41) is 5.45. The first-order chi connectivity index (χ1) is 14.2. The molecule has 0 spiro atoms. The predicted octanol–water partition coefficient (Wildman–Crippen LogP) is 1.83. The van der Waals surface area contributed by atoms with Crippen LogP contribution in [0.25, 0.3) is 0 Å². The standard InChI is InChI=1S/C20H27N7OS.HI/c1-2-21-19(25-9-11-26(12-10-25)20-22-6-3-7-23-20)24-14-18(28)27-8-4-17-16(15-27)5-13-29-17;/h3,5-7,13H,2,4,8-12,14-15H2,1H3,(H,21,24);1H. The van der Waals surface area contributed by atoms with Gasteiger partial charge in [0.2, 0.25) is 11.9 Å². The number of fused-ring (bicyclic) bond motifs is 1. The average molecular weight is 541 g/mol. The van der Waals surface area contributed by atoms with Crippen molar-refractivity contribution in [1.82, 2.24) is 25.1 Å². The first-order valence-corrected chi connectivity index (χ1v) is 11.0. The van der Waals surface area contributed by atoms with Crippen molar-refractivity contribution in [2.75, 3.05) is 50.7 Å². The van der Waals surface area contributed by atoms with Gasteiger partial charge in [-0.05, 0) is 36.4 Å². The Morgan fingerprint density at radius 2 is 1.93 bits per heavy atom. The molecule has 1 amide bonds. The van der Waals surface area contributed by atoms with Gasteiger partial charge in [0.05, 0.1) is 0 Å². The number of anilines is 1. The number of thiophene rings is 1. The summed E-state index contributed by atoms with van der Waals surface area (Å²) in [7, 11) is 0. The second-order valence-electron chi connectivity index (χ2n) is 7.13. The Balaban J connectivity index is 0.00000256. The van der Waals surface area contributed by atoms with Crippen molar-refractivity contribution in [3.8, 4) is 0 Å². The minimum atomic E-state index is 0. The van der Waals surface area contributed by atoms with Crippen LogP contribution in [0.1, 0.15) is 17.4 Å². The van der Waals surface area contributed by atoms with Gasteiger partial charge in [-0.25, -0.2) is 15.0 Å². The molecule has 0 aliphatic carbocycles. The van der Waals surface area contributed by atoms with Crippen molar-refractivity contribution < 1.29 is 4.79 Å². The van der Waals surface area contributed by atoms with Crippen molar-refractivity contribution in [1.29, 1.82) is 0 Å². The molecular weight excluding hydrogens is 513 g/mol. The van der Waals surface area contributed by atoms with E-state index in [1.54, 1.807) is 23.7 Å². The second kappa shape index (κ2) is 10.9. The number of aliphatic imine (C=N–C) groups is 1. The smallest absolute Gasteiger partial charge is 0.244 e. The van der Waals surface area contributed by atoms with E-state index in [9.17, 15) is 4.79 Å². The van der Waals surface area contributed by atoms with Crippen molar-refractivity contribution >= 4 is 53.1 Å². The van der Waals surface area contributed by atoms with Gasteiger partial charge in [-0.2, -0.15) is 0 Å². The van der Waals surface area contributed by atoms with Gasteiger partial charge in [-0.1, -0.05) is 0 Å². The van der Waals surface area contributed by atoms with Crippen molar-refractivity contribution in [2.45, 2.75) is 19.9 Å². The summed E-state index contributed by atoms with van der Waals surface area (Å²) in [6.45, 7) is 7.80. The summed E-state index contributed by atoms with van der Waals surface area (Å²) in [6, 6.07) is 3.96. The van der Waals surface area contributed by atoms with Gasteiger partial charge in [0, 0.05) is 63.1 Å². The summed E-state index contributed by atoms with van der Waals surface area (Å²) in [5.41, 5.74) is 1.28. The highest BCUT2D eigenvalue weighted by Gasteiger charge is 2.23. The van der Waals surface area contributed by atoms with Gasteiger partial charge >= 0.3 is 0 Å². The summed E-state index contributed by atoms with van der Waals surface area (Å²) >= 11 is 1.79. The number of halogens is 1. The number of aromatic nitrogens is 2. The van der Waals surface area contributed by atoms with Crippen LogP contribution in [0.2, 0.25) is 0 Å². The molecule has 0 radical (unpaired) electrons. The third-order valence-corrected chi connectivity index (χ3v) is 6.30. The van der Waals surface area contributed by atoms with E-state index in [1.807, 2.05) is 17.9 Å². The maximum Gasteiger partial charge on any atom is 0.244 e. The number of piperazine rings is 1. The first-order valence-electron chi connectivity index (χ1n) is 10.1. The van der Waals surface area contributed by atoms with Crippen LogP contribution < -0.4 is 10.2 Å². The monoisotopic (exact) mass is 541 g/mol. The van der Waals surface area contributed by atoms with Gasteiger partial charge in [-0.15, -0.1) is 35.3 Å². The van der Waals surface area contributed by atoms with Gasteiger partial charge in [-0.3, -0.25) is 4.79 Å². The quantitative estimate of drug-likeness (QED) is 0.362. The van der Waals surface area contributed by atoms with Crippen LogP contribution in [0.15, 0.2) is 34.9 Å². The molecule has 162 valence electrons. The number of carbonyl (C=O) groups excluding carboxylic acids is 1. The first kappa shape index (κ1) is 22.7. The molecule has 4 heterocycles. The number of amides is 1. The summed E-state index contributed by atoms with van der Waals surface area (Å²) < 4.78 is 0. The number of nitrogens with one attached hydrogen (secondary N) is 1. The number of hydrogen-bond donors (Lipinski definition) is 1. The molecule has 0 atom stereocenters. The summed E-state index contributed by atoms with van der Waals surface area (Å²) in [6.07, 6.45) is 4.49. The molecule has 2 aromatic rings. The zero-order chi connectivity index (χ0) is 20.1. The minimum Gasteiger partial charge on any atom is -0.357 e. The zero-order valence-corrected chi connectivity index (χ0v) is 20.3. The van der Waals surface area contributed by atoms with E-state index in [0.717, 1.165) is 57.6 Å². The van der Waals surface area contributed by atoms with Gasteiger partial charge in [0.1, 0.15) is 6.54 Å². The van der Waals surface area contributed by atoms with Gasteiger partial charge in [0.15, 0.2) is 5.96 Å². The van der Waals surface area contributed by atoms with E-state index in [4.69, 9.17) is 0 Å². The second-order valence-corrected chi connectivity index (χ2v) is 8.13. The number of carbonyl (C=O) groups is 1. The van der Waals surface area contributed by atoms with Crippen LogP contribution in [0.5, 0.6) is 0 Å². The lowest BCUT2D eigenvalue weighted by molar-refractivity contribution is -0.130. The molecule has 8 nitrogen and oxygen atoms in total. The topological polar surface area (TPSA) is 77.0 Å². The zero-order valence-electron chi connectivity index (χ0n) is 17.2. The van der Waals surface area contributed by atoms with Crippen LogP contribution in [-0.4, -0.2) is 77.4 Å². The van der Waals surface area contributed by atoms with E-state index in [0.29, 0.717) is 6.54 Å². The fourth-order valence-corrected chi connectivity index (χ4v) is 4.59. The van der Waals surface area contributed by atoms with E-state index >= 15 is 0 Å². The molecule has 2 aliphatic rings. The Morgan fingerprint density at radius 3 is 2.67 bits per heavy atom. The third-order valence-electron chi connectivity index (χ3n) is 5.27. The molecule has 0 bridgehead atoms. The molecule has 4 rings (SSSR count). The lowest BCUT2D eigenvalue weighted by Gasteiger charge is -2.36. The number of hydrogen-bond acceptors (Lipinski definition) is 6. The minimum absolute atomic E-state index is 0. The van der Waals surface area contributed by atoms with E-state index < -0.39 is 0 Å². The van der Waals surface area contributed by atoms with E-state index in [2.05, 4.69) is 41.5 Å². The molecule has 1 fully saturated rings. The average Bonchev–Trinajstić information content (AvgIpc) is 3.25. The molecule has 2 aromatic heterocycles. The van der Waals surface area contributed by atoms with Crippen LogP contribution in [0.3, 0.4) is 0 Å². The number of nitrogens with zero attached hydrogens (tertiary/aromatic N) is 6. The van der Waals surface area contributed by atoms with Crippen molar-refractivity contribution in [2.24, 2.45) is 4.99 Å². The maximum absolute atomic E-state index is 12.7. The molecule has 10 heteroatoms. The van der Waals surface area contributed by atoms with Crippen molar-refractivity contribution in [3.63, 3.8) is 0 Å². The fraction of sp³-hybridized carbons (Fsp3) is 0.500. The molecule has 0 saturated carbocycles. The predicted molar refractivity (Wildman–Crippen MR) is 131 cm³/mol. The Morgan fingerprint density at radius 1 is 1.17 bits per heavy atom. The Kier molecular flexibility index (Phi) is 8.25. The lowest BCUT2D eigenvalue weighted by Crippen LogP contribution is -2.53. The highest BCUT2D eigenvalue weighted by atomic mass is 127. The molecule has 1 saturated heterocycles. The van der Waals surface area contributed by atoms with E-state index in [-0.39, 0.29) is 36.4 Å². The molecular formula is C20H28IN7OS. The molecule has 2 aliphatic heterocycles. The summed E-state index contributed by atoms with van der Waals surface area (Å²) in [5.74, 6) is 1.67. The number of rotatable bonds is 4. The van der Waals surface area contributed by atoms with Crippen LogP contribution >= 0.6 is 35.3 Å². The maximum atomic E-state index is 12.7. The SMILES string of the molecule is CCNC(=NCC(=O)N1CCc2sccc2C1)N1CCN(c2ncccn2)CC1.I. The van der Waals surface area contributed by atoms with Crippen LogP contribution in [0, 0.1) is 0 Å². The van der Waals surface area contributed by atoms with Crippen LogP contribution in [0.4, 0.5) is 5.95 Å². The Hall–Kier alpha value is -1.95. The highest BCUT2D eigenvalue weighted by molar-refractivity contribution is 14.0. The van der Waals surface area contributed by atoms with Crippen molar-refractivity contribution in [3.05, 3.63) is 40.3 Å². The fourth-order valence-electron chi connectivity index (χ4n) is 3.70. The van der Waals surface area contributed by atoms with Gasteiger partial charge < -0.3 is 20.0 Å². The lowest BCUT2D eigenvalue weighted by atomic mass is 10.1. The van der Waals surface area contributed by atoms with Gasteiger partial charge in [0.25, 0.3) is 0 Å². The Bertz CT molecular complexity index is 852. The van der Waals surface area contributed by atoms with E-state index in [1.165, 1.54) is 10.4 Å².